The Morgan fingerprint density at radius 2 is 1.33 bits per heavy atom. The lowest BCUT2D eigenvalue weighted by molar-refractivity contribution is -0.137. The highest BCUT2D eigenvalue weighted by Crippen LogP contribution is 2.07. The number of carboxylic acids is 1. The lowest BCUT2D eigenvalue weighted by Gasteiger charge is -1.98. The average molecular weight is 303 g/mol. The molecule has 0 aromatic heterocycles. The van der Waals surface area contributed by atoms with Crippen molar-refractivity contribution in [2.45, 2.75) is 71.1 Å². The molecule has 0 saturated carbocycles. The van der Waals surface area contributed by atoms with Gasteiger partial charge in [-0.25, -0.2) is 0 Å². The molecule has 0 fully saturated rings. The Kier molecular flexibility index (Phi) is 21.1. The molecule has 21 heavy (non-hydrogen) atoms. The molecule has 0 bridgehead atoms. The number of allylic oxidation sites excluding steroid dienone is 6. The quantitative estimate of drug-likeness (QED) is 0.285. The third kappa shape index (κ3) is 21.9. The molecule has 1 N–H and O–H groups in total. The summed E-state index contributed by atoms with van der Waals surface area (Å²) in [7, 11) is 0. The van der Waals surface area contributed by atoms with Gasteiger partial charge < -0.3 is 5.11 Å². The molecule has 3 heteroatoms. The molecule has 0 heterocycles. The van der Waals surface area contributed by atoms with Gasteiger partial charge in [0.15, 0.2) is 0 Å². The van der Waals surface area contributed by atoms with E-state index in [1.54, 1.807) is 0 Å². The van der Waals surface area contributed by atoms with Gasteiger partial charge in [-0.2, -0.15) is 0 Å². The molecule has 0 aliphatic heterocycles. The normalized spacial score (nSPS) is 11.5. The minimum Gasteiger partial charge on any atom is -0.481 e. The van der Waals surface area contributed by atoms with Gasteiger partial charge in [-0.05, 0) is 38.5 Å². The van der Waals surface area contributed by atoms with Crippen molar-refractivity contribution in [1.82, 2.24) is 0 Å². The smallest absolute Gasteiger partial charge is 0.303 e. The first kappa shape index (κ1) is 22.7. The zero-order valence-corrected chi connectivity index (χ0v) is 15.0. The molecule has 0 aliphatic rings. The van der Waals surface area contributed by atoms with Gasteiger partial charge in [0.05, 0.1) is 0 Å². The zero-order valence-electron chi connectivity index (χ0n) is 13.6. The van der Waals surface area contributed by atoms with Crippen LogP contribution in [0.5, 0.6) is 0 Å². The Morgan fingerprint density at radius 3 is 1.95 bits per heavy atom. The van der Waals surface area contributed by atoms with Crippen LogP contribution in [-0.4, -0.2) is 34.1 Å². The van der Waals surface area contributed by atoms with Crippen LogP contribution in [0.25, 0.3) is 0 Å². The third-order valence-corrected chi connectivity index (χ3v) is 3.04. The van der Waals surface area contributed by atoms with E-state index in [4.69, 9.17) is 5.11 Å². The van der Waals surface area contributed by atoms with Crippen LogP contribution in [0, 0.1) is 0 Å². The Bertz CT molecular complexity index is 306. The standard InChI is InChI=1S/C18H30O2.Mg/c1-2-3-4-5-6-7-8-9-10-11-12-13-14-15-16-17-18(19)20;/h3-4,6-7,9-10H,2,5,8,11-17H2,1H3,(H,19,20);/b4-3-,7-6-,10-9-;. The zero-order chi connectivity index (χ0) is 14.9. The fraction of sp³-hybridized carbons (Fsp3) is 0.611. The van der Waals surface area contributed by atoms with Crippen LogP contribution in [0.1, 0.15) is 71.1 Å². The van der Waals surface area contributed by atoms with Crippen molar-refractivity contribution in [2.24, 2.45) is 0 Å². The fourth-order valence-electron chi connectivity index (χ4n) is 1.90. The molecule has 2 radical (unpaired) electrons. The van der Waals surface area contributed by atoms with Gasteiger partial charge in [-0.15, -0.1) is 0 Å². The fourth-order valence-corrected chi connectivity index (χ4v) is 1.90. The number of rotatable bonds is 13. The van der Waals surface area contributed by atoms with Crippen LogP contribution in [-0.2, 0) is 4.79 Å². The van der Waals surface area contributed by atoms with Crippen LogP contribution < -0.4 is 0 Å². The number of hydrogen-bond acceptors (Lipinski definition) is 1. The van der Waals surface area contributed by atoms with Crippen molar-refractivity contribution in [1.29, 1.82) is 0 Å². The highest BCUT2D eigenvalue weighted by Gasteiger charge is 1.95. The van der Waals surface area contributed by atoms with Crippen molar-refractivity contribution in [3.8, 4) is 0 Å². The largest absolute Gasteiger partial charge is 0.481 e. The van der Waals surface area contributed by atoms with E-state index in [9.17, 15) is 4.79 Å². The second-order valence-electron chi connectivity index (χ2n) is 4.99. The molecule has 0 amide bonds. The van der Waals surface area contributed by atoms with E-state index in [2.05, 4.69) is 43.4 Å². The second kappa shape index (κ2) is 19.5. The molecule has 0 aromatic carbocycles. The Labute approximate surface area is 146 Å². The first-order chi connectivity index (χ1) is 9.77. The van der Waals surface area contributed by atoms with Gasteiger partial charge in [0.25, 0.3) is 0 Å². The van der Waals surface area contributed by atoms with Crippen molar-refractivity contribution in [3.05, 3.63) is 36.5 Å². The molecular weight excluding hydrogens is 273 g/mol. The molecule has 0 rings (SSSR count). The van der Waals surface area contributed by atoms with E-state index in [0.717, 1.165) is 44.9 Å². The monoisotopic (exact) mass is 302 g/mol. The summed E-state index contributed by atoms with van der Waals surface area (Å²) >= 11 is 0. The predicted molar refractivity (Wildman–Crippen MR) is 92.7 cm³/mol. The van der Waals surface area contributed by atoms with Crippen molar-refractivity contribution < 1.29 is 9.90 Å². The topological polar surface area (TPSA) is 37.3 Å². The van der Waals surface area contributed by atoms with E-state index in [-0.39, 0.29) is 23.1 Å². The van der Waals surface area contributed by atoms with E-state index in [1.807, 2.05) is 0 Å². The maximum Gasteiger partial charge on any atom is 0.303 e. The second-order valence-corrected chi connectivity index (χ2v) is 4.99. The lowest BCUT2D eigenvalue weighted by Crippen LogP contribution is -1.93. The minimum absolute atomic E-state index is 0. The molecule has 0 unspecified atom stereocenters. The van der Waals surface area contributed by atoms with E-state index >= 15 is 0 Å². The summed E-state index contributed by atoms with van der Waals surface area (Å²) in [5.41, 5.74) is 0. The highest BCUT2D eigenvalue weighted by atomic mass is 24.3. The molecule has 0 aromatic rings. The van der Waals surface area contributed by atoms with Gasteiger partial charge in [-0.3, -0.25) is 4.79 Å². The first-order valence-electron chi connectivity index (χ1n) is 7.94. The summed E-state index contributed by atoms with van der Waals surface area (Å²) in [5, 5.41) is 8.50. The minimum atomic E-state index is -0.675. The molecule has 116 valence electrons. The van der Waals surface area contributed by atoms with Crippen molar-refractivity contribution in [3.63, 3.8) is 0 Å². The summed E-state index contributed by atoms with van der Waals surface area (Å²) in [4.78, 5) is 10.3. The van der Waals surface area contributed by atoms with Gasteiger partial charge >= 0.3 is 5.97 Å². The summed E-state index contributed by atoms with van der Waals surface area (Å²) in [5.74, 6) is -0.675. The van der Waals surface area contributed by atoms with Gasteiger partial charge in [0.1, 0.15) is 0 Å². The number of carbonyl (C=O) groups is 1. The third-order valence-electron chi connectivity index (χ3n) is 3.04. The van der Waals surface area contributed by atoms with Crippen LogP contribution in [0.2, 0.25) is 0 Å². The van der Waals surface area contributed by atoms with E-state index in [1.165, 1.54) is 12.8 Å². The SMILES string of the molecule is CC/C=C\C/C=C\C/C=C\CCCCCCCC(=O)O.[Mg]. The number of carboxylic acid groups (broad SMARTS) is 1. The Morgan fingerprint density at radius 1 is 0.810 bits per heavy atom. The van der Waals surface area contributed by atoms with Crippen LogP contribution in [0.15, 0.2) is 36.5 Å². The summed E-state index contributed by atoms with van der Waals surface area (Å²) in [6, 6.07) is 0. The molecule has 0 atom stereocenters. The van der Waals surface area contributed by atoms with Crippen LogP contribution in [0.4, 0.5) is 0 Å². The number of aliphatic carboxylic acids is 1. The summed E-state index contributed by atoms with van der Waals surface area (Å²) < 4.78 is 0. The molecular formula is C18H30MgO2. The van der Waals surface area contributed by atoms with Crippen molar-refractivity contribution in [2.75, 3.05) is 0 Å². The molecule has 0 spiro atoms. The van der Waals surface area contributed by atoms with Crippen LogP contribution >= 0.6 is 0 Å². The van der Waals surface area contributed by atoms with E-state index < -0.39 is 5.97 Å². The van der Waals surface area contributed by atoms with Crippen LogP contribution in [0.3, 0.4) is 0 Å². The summed E-state index contributed by atoms with van der Waals surface area (Å²) in [6.45, 7) is 2.15. The Balaban J connectivity index is 0. The first-order valence-corrected chi connectivity index (χ1v) is 7.94. The van der Waals surface area contributed by atoms with Gasteiger partial charge in [0.2, 0.25) is 0 Å². The number of hydrogen-bond donors (Lipinski definition) is 1. The maximum atomic E-state index is 10.3. The summed E-state index contributed by atoms with van der Waals surface area (Å²) in [6.07, 6.45) is 23.4. The molecule has 2 nitrogen and oxygen atoms in total. The molecule has 0 saturated heterocycles. The van der Waals surface area contributed by atoms with E-state index in [0.29, 0.717) is 6.42 Å². The molecule has 0 aliphatic carbocycles. The van der Waals surface area contributed by atoms with Crippen molar-refractivity contribution >= 4 is 29.0 Å². The Hall–Kier alpha value is -0.544. The highest BCUT2D eigenvalue weighted by molar-refractivity contribution is 5.75. The number of unbranched alkanes of at least 4 members (excludes halogenated alkanes) is 5. The maximum absolute atomic E-state index is 10.3. The van der Waals surface area contributed by atoms with Gasteiger partial charge in [0, 0.05) is 29.5 Å². The lowest BCUT2D eigenvalue weighted by atomic mass is 10.1. The predicted octanol–water partition coefficient (Wildman–Crippen LogP) is 5.28. The van der Waals surface area contributed by atoms with Gasteiger partial charge in [-0.1, -0.05) is 62.6 Å². The average Bonchev–Trinajstić information content (AvgIpc) is 2.43.